The Morgan fingerprint density at radius 2 is 2.05 bits per heavy atom. The zero-order chi connectivity index (χ0) is 13.8. The maximum absolute atomic E-state index is 11.8. The van der Waals surface area contributed by atoms with Crippen molar-refractivity contribution in [2.45, 2.75) is 32.2 Å². The second-order valence-corrected chi connectivity index (χ2v) is 4.98. The number of benzene rings is 1. The first-order valence-electron chi connectivity index (χ1n) is 6.42. The smallest absolute Gasteiger partial charge is 0.326 e. The molecule has 0 heterocycles. The van der Waals surface area contributed by atoms with Gasteiger partial charge in [-0.05, 0) is 30.9 Å². The standard InChI is InChI=1S/C14H18N2O3/c1-9-4-2-3-5-11(9)15-14(19)16-12(13(17)18)8-10-6-7-10/h2-5,10,12H,6-8H2,1H3,(H,17,18)(H2,15,16,19). The van der Waals surface area contributed by atoms with Crippen LogP contribution in [0.3, 0.4) is 0 Å². The van der Waals surface area contributed by atoms with Crippen LogP contribution in [-0.4, -0.2) is 23.1 Å². The zero-order valence-corrected chi connectivity index (χ0v) is 10.8. The number of rotatable bonds is 5. The average Bonchev–Trinajstić information content (AvgIpc) is 3.15. The number of carboxylic acids is 1. The lowest BCUT2D eigenvalue weighted by atomic mass is 10.1. The average molecular weight is 262 g/mol. The molecule has 0 aliphatic heterocycles. The van der Waals surface area contributed by atoms with Gasteiger partial charge in [0.05, 0.1) is 0 Å². The molecule has 1 fully saturated rings. The number of aryl methyl sites for hydroxylation is 1. The number of amides is 2. The molecule has 1 unspecified atom stereocenters. The highest BCUT2D eigenvalue weighted by Crippen LogP contribution is 2.33. The van der Waals surface area contributed by atoms with Crippen LogP contribution in [-0.2, 0) is 4.79 Å². The number of urea groups is 1. The topological polar surface area (TPSA) is 78.4 Å². The summed E-state index contributed by atoms with van der Waals surface area (Å²) in [6, 6.07) is 6.09. The number of aliphatic carboxylic acids is 1. The van der Waals surface area contributed by atoms with Crippen LogP contribution in [0, 0.1) is 12.8 Å². The summed E-state index contributed by atoms with van der Waals surface area (Å²) in [4.78, 5) is 22.9. The third-order valence-corrected chi connectivity index (χ3v) is 3.26. The van der Waals surface area contributed by atoms with Gasteiger partial charge in [-0.15, -0.1) is 0 Å². The first-order valence-corrected chi connectivity index (χ1v) is 6.42. The van der Waals surface area contributed by atoms with E-state index in [1.54, 1.807) is 6.07 Å². The van der Waals surface area contributed by atoms with Gasteiger partial charge in [0, 0.05) is 5.69 Å². The molecule has 3 N–H and O–H groups in total. The monoisotopic (exact) mass is 262 g/mol. The lowest BCUT2D eigenvalue weighted by Gasteiger charge is -2.15. The highest BCUT2D eigenvalue weighted by molar-refractivity contribution is 5.92. The number of hydrogen-bond acceptors (Lipinski definition) is 2. The Labute approximate surface area is 112 Å². The third kappa shape index (κ3) is 3.98. The summed E-state index contributed by atoms with van der Waals surface area (Å²) in [7, 11) is 0. The van der Waals surface area contributed by atoms with Gasteiger partial charge < -0.3 is 15.7 Å². The number of anilines is 1. The molecule has 1 aliphatic rings. The van der Waals surface area contributed by atoms with Crippen molar-refractivity contribution in [3.8, 4) is 0 Å². The van der Waals surface area contributed by atoms with Crippen LogP contribution in [0.5, 0.6) is 0 Å². The summed E-state index contributed by atoms with van der Waals surface area (Å²) < 4.78 is 0. The first-order chi connectivity index (χ1) is 9.06. The van der Waals surface area contributed by atoms with E-state index in [0.717, 1.165) is 18.4 Å². The molecular formula is C14H18N2O3. The van der Waals surface area contributed by atoms with Gasteiger partial charge in [-0.3, -0.25) is 0 Å². The summed E-state index contributed by atoms with van der Waals surface area (Å²) in [6.45, 7) is 1.88. The van der Waals surface area contributed by atoms with Crippen LogP contribution >= 0.6 is 0 Å². The summed E-state index contributed by atoms with van der Waals surface area (Å²) in [5.41, 5.74) is 1.63. The number of carboxylic acid groups (broad SMARTS) is 1. The number of para-hydroxylation sites is 1. The fraction of sp³-hybridized carbons (Fsp3) is 0.429. The predicted octanol–water partition coefficient (Wildman–Crippen LogP) is 2.37. The molecule has 1 aromatic rings. The molecule has 2 rings (SSSR count). The van der Waals surface area contributed by atoms with Gasteiger partial charge in [-0.1, -0.05) is 31.0 Å². The molecule has 1 aromatic carbocycles. The number of hydrogen-bond donors (Lipinski definition) is 3. The van der Waals surface area contributed by atoms with E-state index in [2.05, 4.69) is 10.6 Å². The largest absolute Gasteiger partial charge is 0.480 e. The van der Waals surface area contributed by atoms with Crippen molar-refractivity contribution in [2.24, 2.45) is 5.92 Å². The number of nitrogens with one attached hydrogen (secondary N) is 2. The Morgan fingerprint density at radius 3 is 2.63 bits per heavy atom. The normalized spacial score (nSPS) is 15.6. The number of carbonyl (C=O) groups excluding carboxylic acids is 1. The molecule has 5 heteroatoms. The summed E-state index contributed by atoms with van der Waals surface area (Å²) in [5.74, 6) is -0.535. The first kappa shape index (κ1) is 13.4. The molecule has 19 heavy (non-hydrogen) atoms. The summed E-state index contributed by atoms with van der Waals surface area (Å²) >= 11 is 0. The molecule has 102 valence electrons. The van der Waals surface area contributed by atoms with E-state index in [1.165, 1.54) is 0 Å². The van der Waals surface area contributed by atoms with Crippen LogP contribution in [0.2, 0.25) is 0 Å². The van der Waals surface area contributed by atoms with E-state index in [4.69, 9.17) is 5.11 Å². The minimum Gasteiger partial charge on any atom is -0.480 e. The minimum atomic E-state index is -0.980. The van der Waals surface area contributed by atoms with E-state index in [1.807, 2.05) is 25.1 Å². The Hall–Kier alpha value is -2.04. The Bertz CT molecular complexity index is 483. The molecule has 2 amide bonds. The molecule has 5 nitrogen and oxygen atoms in total. The van der Waals surface area contributed by atoms with Gasteiger partial charge in [0.2, 0.25) is 0 Å². The van der Waals surface area contributed by atoms with Gasteiger partial charge in [0.1, 0.15) is 6.04 Å². The van der Waals surface area contributed by atoms with E-state index < -0.39 is 18.0 Å². The van der Waals surface area contributed by atoms with Crippen LogP contribution in [0.1, 0.15) is 24.8 Å². The number of carbonyl (C=O) groups is 2. The van der Waals surface area contributed by atoms with Gasteiger partial charge >= 0.3 is 12.0 Å². The molecule has 1 atom stereocenters. The van der Waals surface area contributed by atoms with Gasteiger partial charge in [-0.2, -0.15) is 0 Å². The summed E-state index contributed by atoms with van der Waals surface area (Å²) in [6.07, 6.45) is 2.63. The molecule has 1 aliphatic carbocycles. The van der Waals surface area contributed by atoms with Crippen LogP contribution < -0.4 is 10.6 Å². The lowest BCUT2D eigenvalue weighted by molar-refractivity contribution is -0.139. The second-order valence-electron chi connectivity index (χ2n) is 4.98. The van der Waals surface area contributed by atoms with Crippen LogP contribution in [0.4, 0.5) is 10.5 Å². The lowest BCUT2D eigenvalue weighted by Crippen LogP contribution is -2.43. The van der Waals surface area contributed by atoms with Crippen molar-refractivity contribution in [1.82, 2.24) is 5.32 Å². The maximum Gasteiger partial charge on any atom is 0.326 e. The summed E-state index contributed by atoms with van der Waals surface area (Å²) in [5, 5.41) is 14.3. The van der Waals surface area contributed by atoms with Crippen LogP contribution in [0.15, 0.2) is 24.3 Å². The highest BCUT2D eigenvalue weighted by atomic mass is 16.4. The van der Waals surface area contributed by atoms with Gasteiger partial charge in [0.25, 0.3) is 0 Å². The molecule has 1 saturated carbocycles. The SMILES string of the molecule is Cc1ccccc1NC(=O)NC(CC1CC1)C(=O)O. The molecule has 0 bridgehead atoms. The third-order valence-electron chi connectivity index (χ3n) is 3.26. The Kier molecular flexibility index (Phi) is 4.04. The van der Waals surface area contributed by atoms with Crippen molar-refractivity contribution in [2.75, 3.05) is 5.32 Å². The van der Waals surface area contributed by atoms with E-state index in [-0.39, 0.29) is 0 Å². The van der Waals surface area contributed by atoms with Gasteiger partial charge in [0.15, 0.2) is 0 Å². The second kappa shape index (κ2) is 5.73. The molecule has 0 aromatic heterocycles. The highest BCUT2D eigenvalue weighted by Gasteiger charge is 2.30. The van der Waals surface area contributed by atoms with Crippen molar-refractivity contribution in [1.29, 1.82) is 0 Å². The molecule has 0 spiro atoms. The van der Waals surface area contributed by atoms with E-state index >= 15 is 0 Å². The molecule has 0 radical (unpaired) electrons. The van der Waals surface area contributed by atoms with Crippen molar-refractivity contribution in [3.63, 3.8) is 0 Å². The van der Waals surface area contributed by atoms with Crippen LogP contribution in [0.25, 0.3) is 0 Å². The predicted molar refractivity (Wildman–Crippen MR) is 72.1 cm³/mol. The Balaban J connectivity index is 1.91. The Morgan fingerprint density at radius 1 is 1.37 bits per heavy atom. The van der Waals surface area contributed by atoms with E-state index in [9.17, 15) is 9.59 Å². The molecule has 0 saturated heterocycles. The fourth-order valence-corrected chi connectivity index (χ4v) is 1.94. The van der Waals surface area contributed by atoms with Crippen molar-refractivity contribution >= 4 is 17.7 Å². The zero-order valence-electron chi connectivity index (χ0n) is 10.8. The minimum absolute atomic E-state index is 0.444. The van der Waals surface area contributed by atoms with Crippen molar-refractivity contribution < 1.29 is 14.7 Å². The van der Waals surface area contributed by atoms with Crippen molar-refractivity contribution in [3.05, 3.63) is 29.8 Å². The van der Waals surface area contributed by atoms with Gasteiger partial charge in [-0.25, -0.2) is 9.59 Å². The fourth-order valence-electron chi connectivity index (χ4n) is 1.94. The maximum atomic E-state index is 11.8. The molecular weight excluding hydrogens is 244 g/mol. The quantitative estimate of drug-likeness (QED) is 0.762. The van der Waals surface area contributed by atoms with E-state index in [0.29, 0.717) is 18.0 Å².